The summed E-state index contributed by atoms with van der Waals surface area (Å²) >= 11 is 11.8. The highest BCUT2D eigenvalue weighted by molar-refractivity contribution is 7.71. The fourth-order valence-corrected chi connectivity index (χ4v) is 4.08. The molecule has 1 aliphatic rings. The number of rotatable bonds is 5. The molecule has 2 aromatic carbocycles. The average Bonchev–Trinajstić information content (AvgIpc) is 2.97. The first-order chi connectivity index (χ1) is 13.6. The van der Waals surface area contributed by atoms with Crippen LogP contribution in [0.2, 0.25) is 5.02 Å². The normalized spacial score (nSPS) is 15.1. The second kappa shape index (κ2) is 8.47. The van der Waals surface area contributed by atoms with Crippen LogP contribution in [0.1, 0.15) is 11.4 Å². The van der Waals surface area contributed by atoms with Crippen LogP contribution in [0.25, 0.3) is 0 Å². The summed E-state index contributed by atoms with van der Waals surface area (Å²) in [7, 11) is 0. The number of anilines is 1. The van der Waals surface area contributed by atoms with E-state index in [9.17, 15) is 0 Å². The topological polar surface area (TPSA) is 29.2 Å². The van der Waals surface area contributed by atoms with Gasteiger partial charge in [0.15, 0.2) is 4.77 Å². The highest BCUT2D eigenvalue weighted by Gasteiger charge is 2.19. The molecule has 3 aromatic rings. The zero-order chi connectivity index (χ0) is 19.5. The maximum atomic E-state index is 6.13. The van der Waals surface area contributed by atoms with E-state index in [1.54, 1.807) is 0 Å². The third-order valence-corrected chi connectivity index (χ3v) is 5.84. The lowest BCUT2D eigenvalue weighted by molar-refractivity contribution is 0.194. The molecule has 1 aliphatic heterocycles. The van der Waals surface area contributed by atoms with Gasteiger partial charge in [0, 0.05) is 36.9 Å². The van der Waals surface area contributed by atoms with Crippen molar-refractivity contribution in [1.82, 2.24) is 19.2 Å². The summed E-state index contributed by atoms with van der Waals surface area (Å²) in [5.41, 5.74) is 2.42. The molecule has 1 fully saturated rings. The third kappa shape index (κ3) is 4.29. The van der Waals surface area contributed by atoms with Crippen LogP contribution in [-0.4, -0.2) is 45.4 Å². The van der Waals surface area contributed by atoms with E-state index in [-0.39, 0.29) is 0 Å². The van der Waals surface area contributed by atoms with Crippen molar-refractivity contribution in [3.8, 4) is 0 Å². The Morgan fingerprint density at radius 2 is 1.75 bits per heavy atom. The van der Waals surface area contributed by atoms with E-state index in [4.69, 9.17) is 28.9 Å². The molecule has 7 heteroatoms. The van der Waals surface area contributed by atoms with Gasteiger partial charge in [-0.05, 0) is 42.9 Å². The lowest BCUT2D eigenvalue weighted by atomic mass is 10.2. The molecule has 0 radical (unpaired) electrons. The number of aryl methyl sites for hydroxylation is 1. The van der Waals surface area contributed by atoms with E-state index < -0.39 is 0 Å². The van der Waals surface area contributed by atoms with Crippen molar-refractivity contribution in [3.05, 3.63) is 75.8 Å². The molecule has 0 N–H and O–H groups in total. The number of halogens is 1. The molecular formula is C21H24ClN5S. The van der Waals surface area contributed by atoms with Gasteiger partial charge >= 0.3 is 0 Å². The molecule has 146 valence electrons. The first-order valence-electron chi connectivity index (χ1n) is 9.51. The fraction of sp³-hybridized carbons (Fsp3) is 0.333. The summed E-state index contributed by atoms with van der Waals surface area (Å²) in [6.45, 7) is 7.39. The highest BCUT2D eigenvalue weighted by atomic mass is 35.5. The van der Waals surface area contributed by atoms with Gasteiger partial charge in [-0.2, -0.15) is 5.10 Å². The van der Waals surface area contributed by atoms with Crippen molar-refractivity contribution >= 4 is 29.5 Å². The van der Waals surface area contributed by atoms with Gasteiger partial charge in [0.1, 0.15) is 5.82 Å². The minimum Gasteiger partial charge on any atom is -0.369 e. The Labute approximate surface area is 175 Å². The largest absolute Gasteiger partial charge is 0.369 e. The van der Waals surface area contributed by atoms with E-state index in [1.807, 2.05) is 35.9 Å². The van der Waals surface area contributed by atoms with Crippen molar-refractivity contribution in [2.75, 3.05) is 31.1 Å². The van der Waals surface area contributed by atoms with Gasteiger partial charge in [0.05, 0.1) is 13.2 Å². The Bertz CT molecular complexity index is 990. The molecule has 1 saturated heterocycles. The summed E-state index contributed by atoms with van der Waals surface area (Å²) in [5.74, 6) is 0.950. The fourth-order valence-electron chi connectivity index (χ4n) is 3.60. The highest BCUT2D eigenvalue weighted by Crippen LogP contribution is 2.21. The van der Waals surface area contributed by atoms with Gasteiger partial charge in [-0.1, -0.05) is 48.0 Å². The standard InChI is InChI=1S/C21H24ClN5S/c1-17-23-27(21(28)26(17)15-18-6-3-2-4-7-18)16-24-10-12-25(13-11-24)20-9-5-8-19(22)14-20/h2-9,14H,10-13,15-16H2,1H3. The maximum absolute atomic E-state index is 6.13. The summed E-state index contributed by atoms with van der Waals surface area (Å²) in [6.07, 6.45) is 0. The molecule has 0 unspecified atom stereocenters. The SMILES string of the molecule is Cc1nn(CN2CCN(c3cccc(Cl)c3)CC2)c(=S)n1Cc1ccccc1. The summed E-state index contributed by atoms with van der Waals surface area (Å²) in [6, 6.07) is 18.4. The Kier molecular flexibility index (Phi) is 5.80. The zero-order valence-electron chi connectivity index (χ0n) is 16.0. The van der Waals surface area contributed by atoms with Gasteiger partial charge in [0.2, 0.25) is 0 Å². The molecule has 0 spiro atoms. The lowest BCUT2D eigenvalue weighted by Gasteiger charge is -2.35. The summed E-state index contributed by atoms with van der Waals surface area (Å²) in [5, 5.41) is 5.47. The van der Waals surface area contributed by atoms with E-state index >= 15 is 0 Å². The summed E-state index contributed by atoms with van der Waals surface area (Å²) < 4.78 is 4.83. The zero-order valence-corrected chi connectivity index (χ0v) is 17.5. The monoisotopic (exact) mass is 413 g/mol. The Morgan fingerprint density at radius 1 is 1.00 bits per heavy atom. The van der Waals surface area contributed by atoms with Crippen LogP contribution in [0.15, 0.2) is 54.6 Å². The molecule has 0 aliphatic carbocycles. The minimum absolute atomic E-state index is 0.727. The van der Waals surface area contributed by atoms with Crippen LogP contribution in [0.4, 0.5) is 5.69 Å². The molecule has 0 bridgehead atoms. The van der Waals surface area contributed by atoms with E-state index in [0.717, 1.165) is 55.0 Å². The number of piperazine rings is 1. The minimum atomic E-state index is 0.727. The molecule has 2 heterocycles. The quantitative estimate of drug-likeness (QED) is 0.586. The molecule has 0 amide bonds. The van der Waals surface area contributed by atoms with Crippen molar-refractivity contribution in [2.45, 2.75) is 20.1 Å². The van der Waals surface area contributed by atoms with Gasteiger partial charge in [-0.25, -0.2) is 4.68 Å². The maximum Gasteiger partial charge on any atom is 0.199 e. The molecule has 28 heavy (non-hydrogen) atoms. The lowest BCUT2D eigenvalue weighted by Crippen LogP contribution is -2.47. The molecule has 0 atom stereocenters. The van der Waals surface area contributed by atoms with Gasteiger partial charge in [0.25, 0.3) is 0 Å². The van der Waals surface area contributed by atoms with Crippen LogP contribution < -0.4 is 4.90 Å². The van der Waals surface area contributed by atoms with Crippen molar-refractivity contribution < 1.29 is 0 Å². The van der Waals surface area contributed by atoms with Crippen LogP contribution in [-0.2, 0) is 13.2 Å². The smallest absolute Gasteiger partial charge is 0.199 e. The summed E-state index contributed by atoms with van der Waals surface area (Å²) in [4.78, 5) is 4.77. The van der Waals surface area contributed by atoms with Crippen molar-refractivity contribution in [3.63, 3.8) is 0 Å². The van der Waals surface area contributed by atoms with E-state index in [0.29, 0.717) is 0 Å². The number of nitrogens with zero attached hydrogens (tertiary/aromatic N) is 5. The predicted molar refractivity (Wildman–Crippen MR) is 117 cm³/mol. The average molecular weight is 414 g/mol. The first-order valence-corrected chi connectivity index (χ1v) is 10.3. The van der Waals surface area contributed by atoms with Crippen LogP contribution in [0.5, 0.6) is 0 Å². The number of aromatic nitrogens is 3. The molecule has 0 saturated carbocycles. The van der Waals surface area contributed by atoms with Crippen LogP contribution in [0.3, 0.4) is 0 Å². The molecule has 5 nitrogen and oxygen atoms in total. The predicted octanol–water partition coefficient (Wildman–Crippen LogP) is 4.20. The van der Waals surface area contributed by atoms with Crippen LogP contribution >= 0.6 is 23.8 Å². The van der Waals surface area contributed by atoms with Gasteiger partial charge in [-0.15, -0.1) is 0 Å². The second-order valence-corrected chi connectivity index (χ2v) is 7.93. The Morgan fingerprint density at radius 3 is 2.46 bits per heavy atom. The van der Waals surface area contributed by atoms with Crippen molar-refractivity contribution in [1.29, 1.82) is 0 Å². The first kappa shape index (κ1) is 19.2. The molecule has 1 aromatic heterocycles. The number of hydrogen-bond acceptors (Lipinski definition) is 4. The Hall–Kier alpha value is -2.15. The second-order valence-electron chi connectivity index (χ2n) is 7.13. The van der Waals surface area contributed by atoms with Crippen molar-refractivity contribution in [2.24, 2.45) is 0 Å². The van der Waals surface area contributed by atoms with E-state index in [2.05, 4.69) is 44.7 Å². The number of benzene rings is 2. The van der Waals surface area contributed by atoms with Crippen LogP contribution in [0, 0.1) is 11.7 Å². The van der Waals surface area contributed by atoms with Gasteiger partial charge in [-0.3, -0.25) is 9.47 Å². The number of hydrogen-bond donors (Lipinski definition) is 0. The molecular weight excluding hydrogens is 390 g/mol. The molecule has 4 rings (SSSR count). The third-order valence-electron chi connectivity index (χ3n) is 5.17. The van der Waals surface area contributed by atoms with E-state index in [1.165, 1.54) is 11.3 Å². The Balaban J connectivity index is 1.40. The van der Waals surface area contributed by atoms with Gasteiger partial charge < -0.3 is 4.90 Å².